The van der Waals surface area contributed by atoms with Crippen molar-refractivity contribution in [2.24, 2.45) is 0 Å². The van der Waals surface area contributed by atoms with Crippen LogP contribution >= 0.6 is 0 Å². The highest BCUT2D eigenvalue weighted by atomic mass is 16.5. The van der Waals surface area contributed by atoms with Gasteiger partial charge in [0.2, 0.25) is 0 Å². The Balaban J connectivity index is 1.44. The molecule has 176 valence electrons. The topological polar surface area (TPSA) is 93.1 Å². The van der Waals surface area contributed by atoms with Crippen molar-refractivity contribution >= 4 is 17.4 Å². The molecule has 1 atom stereocenters. The van der Waals surface area contributed by atoms with Crippen LogP contribution in [0.4, 0.5) is 0 Å². The number of hydrogen-bond donors (Lipinski definition) is 1. The van der Waals surface area contributed by atoms with Crippen LogP contribution in [0, 0.1) is 6.92 Å². The summed E-state index contributed by atoms with van der Waals surface area (Å²) in [5.74, 6) is -0.297. The maximum absolute atomic E-state index is 13.0. The molecule has 0 radical (unpaired) electrons. The molecule has 1 aliphatic rings. The van der Waals surface area contributed by atoms with Crippen LogP contribution in [0.1, 0.15) is 34.3 Å². The second kappa shape index (κ2) is 9.38. The zero-order valence-corrected chi connectivity index (χ0v) is 19.0. The van der Waals surface area contributed by atoms with Gasteiger partial charge < -0.3 is 23.6 Å². The number of benzene rings is 2. The first-order valence-electron chi connectivity index (χ1n) is 11.1. The van der Waals surface area contributed by atoms with Crippen LogP contribution in [0.5, 0.6) is 5.75 Å². The molecule has 1 amide bonds. The third-order valence-electron chi connectivity index (χ3n) is 6.04. The van der Waals surface area contributed by atoms with E-state index in [-0.39, 0.29) is 17.9 Å². The monoisotopic (exact) mass is 469 g/mol. The van der Waals surface area contributed by atoms with Gasteiger partial charge in [-0.05, 0) is 66.6 Å². The number of hydrogen-bond acceptors (Lipinski definition) is 6. The molecular formula is C28H23NO6. The second-order valence-electron chi connectivity index (χ2n) is 8.26. The van der Waals surface area contributed by atoms with Crippen LogP contribution in [0.2, 0.25) is 0 Å². The van der Waals surface area contributed by atoms with Crippen molar-refractivity contribution in [3.8, 4) is 5.75 Å². The van der Waals surface area contributed by atoms with Crippen molar-refractivity contribution in [3.63, 3.8) is 0 Å². The van der Waals surface area contributed by atoms with Gasteiger partial charge in [0.15, 0.2) is 0 Å². The minimum absolute atomic E-state index is 0.0370. The third-order valence-corrected chi connectivity index (χ3v) is 6.04. The van der Waals surface area contributed by atoms with Crippen LogP contribution in [-0.4, -0.2) is 21.7 Å². The Morgan fingerprint density at radius 3 is 2.37 bits per heavy atom. The predicted molar refractivity (Wildman–Crippen MR) is 127 cm³/mol. The van der Waals surface area contributed by atoms with Crippen molar-refractivity contribution in [1.82, 2.24) is 4.90 Å². The lowest BCUT2D eigenvalue weighted by Crippen LogP contribution is -2.28. The van der Waals surface area contributed by atoms with Crippen molar-refractivity contribution in [2.45, 2.75) is 26.1 Å². The van der Waals surface area contributed by atoms with E-state index in [0.29, 0.717) is 29.4 Å². The van der Waals surface area contributed by atoms with Gasteiger partial charge in [0.05, 0.1) is 24.6 Å². The Bertz CT molecular complexity index is 1370. The number of furan rings is 2. The zero-order chi connectivity index (χ0) is 24.4. The summed E-state index contributed by atoms with van der Waals surface area (Å²) < 4.78 is 16.8. The molecule has 0 bridgehead atoms. The number of ether oxygens (including phenoxy) is 1. The number of ketones is 1. The SMILES string of the molecule is Cc1ccccc1COc1ccc(/C(O)=C2/C(=O)C(=O)N(Cc3ccco3)C2c2ccco2)cc1. The number of Topliss-reactive ketones (excluding diaryl/α,β-unsaturated/α-hetero) is 1. The molecule has 1 aliphatic heterocycles. The van der Waals surface area contributed by atoms with Gasteiger partial charge in [-0.3, -0.25) is 9.59 Å². The minimum atomic E-state index is -0.882. The van der Waals surface area contributed by atoms with E-state index in [2.05, 4.69) is 0 Å². The highest BCUT2D eigenvalue weighted by molar-refractivity contribution is 6.46. The maximum Gasteiger partial charge on any atom is 0.296 e. The molecule has 1 N–H and O–H groups in total. The molecule has 2 aromatic carbocycles. The highest BCUT2D eigenvalue weighted by Crippen LogP contribution is 2.40. The molecule has 0 saturated carbocycles. The number of carbonyl (C=O) groups is 2. The van der Waals surface area contributed by atoms with Crippen molar-refractivity contribution in [2.75, 3.05) is 0 Å². The normalized spacial score (nSPS) is 17.2. The smallest absolute Gasteiger partial charge is 0.296 e. The van der Waals surface area contributed by atoms with Crippen LogP contribution in [0.15, 0.2) is 99.7 Å². The Morgan fingerprint density at radius 2 is 1.69 bits per heavy atom. The summed E-state index contributed by atoms with van der Waals surface area (Å²) in [5.41, 5.74) is 2.57. The molecule has 7 heteroatoms. The third kappa shape index (κ3) is 4.36. The van der Waals surface area contributed by atoms with E-state index < -0.39 is 17.7 Å². The molecule has 1 fully saturated rings. The van der Waals surface area contributed by atoms with E-state index in [1.54, 1.807) is 48.5 Å². The van der Waals surface area contributed by atoms with Gasteiger partial charge in [-0.25, -0.2) is 0 Å². The molecule has 0 aliphatic carbocycles. The first kappa shape index (κ1) is 22.3. The fourth-order valence-electron chi connectivity index (χ4n) is 4.15. The molecule has 4 aromatic rings. The highest BCUT2D eigenvalue weighted by Gasteiger charge is 2.47. The average Bonchev–Trinajstić information content (AvgIpc) is 3.63. The average molecular weight is 469 g/mol. The Labute approximate surface area is 201 Å². The van der Waals surface area contributed by atoms with E-state index in [9.17, 15) is 14.7 Å². The van der Waals surface area contributed by atoms with Crippen LogP contribution in [-0.2, 0) is 22.7 Å². The Kier molecular flexibility index (Phi) is 5.97. The Hall–Kier alpha value is -4.52. The van der Waals surface area contributed by atoms with E-state index in [1.807, 2.05) is 31.2 Å². The number of rotatable bonds is 7. The standard InChI is InChI=1S/C28H23NO6/c1-18-6-2-3-7-20(18)17-35-21-12-10-19(11-13-21)26(30)24-25(23-9-5-15-34-23)29(28(32)27(24)31)16-22-8-4-14-33-22/h2-15,25,30H,16-17H2,1H3/b26-24-. The lowest BCUT2D eigenvalue weighted by Gasteiger charge is -2.22. The fourth-order valence-corrected chi connectivity index (χ4v) is 4.15. The van der Waals surface area contributed by atoms with E-state index in [1.165, 1.54) is 17.4 Å². The van der Waals surface area contributed by atoms with Gasteiger partial charge in [-0.1, -0.05) is 24.3 Å². The summed E-state index contributed by atoms with van der Waals surface area (Å²) in [4.78, 5) is 27.3. The predicted octanol–water partition coefficient (Wildman–Crippen LogP) is 5.38. The first-order valence-corrected chi connectivity index (χ1v) is 11.1. The lowest BCUT2D eigenvalue weighted by atomic mass is 9.99. The second-order valence-corrected chi connectivity index (χ2v) is 8.26. The minimum Gasteiger partial charge on any atom is -0.507 e. The van der Waals surface area contributed by atoms with Gasteiger partial charge >= 0.3 is 0 Å². The molecule has 2 aromatic heterocycles. The van der Waals surface area contributed by atoms with Crippen molar-refractivity contribution in [3.05, 3.63) is 119 Å². The number of nitrogens with zero attached hydrogens (tertiary/aromatic N) is 1. The van der Waals surface area contributed by atoms with Gasteiger partial charge in [0.1, 0.15) is 35.7 Å². The number of aryl methyl sites for hydroxylation is 1. The lowest BCUT2D eigenvalue weighted by molar-refractivity contribution is -0.140. The van der Waals surface area contributed by atoms with Crippen molar-refractivity contribution < 1.29 is 28.3 Å². The summed E-state index contributed by atoms with van der Waals surface area (Å²) in [7, 11) is 0. The van der Waals surface area contributed by atoms with Gasteiger partial charge in [-0.2, -0.15) is 0 Å². The number of aliphatic hydroxyl groups excluding tert-OH is 1. The molecular weight excluding hydrogens is 446 g/mol. The first-order chi connectivity index (χ1) is 17.0. The van der Waals surface area contributed by atoms with Crippen LogP contribution in [0.3, 0.4) is 0 Å². The van der Waals surface area contributed by atoms with Crippen molar-refractivity contribution in [1.29, 1.82) is 0 Å². The molecule has 1 saturated heterocycles. The van der Waals surface area contributed by atoms with Gasteiger partial charge in [0, 0.05) is 5.56 Å². The van der Waals surface area contributed by atoms with Gasteiger partial charge in [-0.15, -0.1) is 0 Å². The number of carbonyl (C=O) groups excluding carboxylic acids is 2. The molecule has 7 nitrogen and oxygen atoms in total. The van der Waals surface area contributed by atoms with E-state index >= 15 is 0 Å². The summed E-state index contributed by atoms with van der Waals surface area (Å²) in [6.45, 7) is 2.50. The largest absolute Gasteiger partial charge is 0.507 e. The fraction of sp³-hybridized carbons (Fsp3) is 0.143. The number of amides is 1. The molecule has 5 rings (SSSR count). The maximum atomic E-state index is 13.0. The molecule has 1 unspecified atom stereocenters. The molecule has 0 spiro atoms. The van der Waals surface area contributed by atoms with E-state index in [0.717, 1.165) is 11.1 Å². The summed E-state index contributed by atoms with van der Waals surface area (Å²) in [6.07, 6.45) is 2.96. The summed E-state index contributed by atoms with van der Waals surface area (Å²) in [6, 6.07) is 20.6. The number of aliphatic hydroxyl groups is 1. The quantitative estimate of drug-likeness (QED) is 0.222. The molecule has 35 heavy (non-hydrogen) atoms. The van der Waals surface area contributed by atoms with Crippen LogP contribution < -0.4 is 4.74 Å². The summed E-state index contributed by atoms with van der Waals surface area (Å²) >= 11 is 0. The van der Waals surface area contributed by atoms with Gasteiger partial charge in [0.25, 0.3) is 11.7 Å². The van der Waals surface area contributed by atoms with E-state index in [4.69, 9.17) is 13.6 Å². The number of likely N-dealkylation sites (tertiary alicyclic amines) is 1. The Morgan fingerprint density at radius 1 is 0.943 bits per heavy atom. The summed E-state index contributed by atoms with van der Waals surface area (Å²) in [5, 5.41) is 11.1. The molecule has 3 heterocycles. The van der Waals surface area contributed by atoms with Crippen LogP contribution in [0.25, 0.3) is 5.76 Å². The zero-order valence-electron chi connectivity index (χ0n) is 19.0.